The highest BCUT2D eigenvalue weighted by atomic mass is 15.2. The number of aromatic nitrogens is 3. The monoisotopic (exact) mass is 179 g/mol. The Kier molecular flexibility index (Phi) is 3.41. The average Bonchev–Trinajstić information content (AvgIpc) is 2.52. The van der Waals surface area contributed by atoms with Crippen LogP contribution in [0.3, 0.4) is 0 Å². The van der Waals surface area contributed by atoms with E-state index in [1.54, 1.807) is 6.33 Å². The molecule has 5 nitrogen and oxygen atoms in total. The van der Waals surface area contributed by atoms with Gasteiger partial charge in [0.2, 0.25) is 0 Å². The molecule has 1 atom stereocenters. The number of nitrogens with zero attached hydrogens (tertiary/aromatic N) is 4. The molecule has 0 spiro atoms. The van der Waals surface area contributed by atoms with Gasteiger partial charge in [0, 0.05) is 20.0 Å². The normalized spacial score (nSPS) is 12.4. The first kappa shape index (κ1) is 9.68. The maximum atomic E-state index is 8.50. The van der Waals surface area contributed by atoms with E-state index in [4.69, 9.17) is 5.26 Å². The molecule has 0 amide bonds. The van der Waals surface area contributed by atoms with Gasteiger partial charge in [-0.25, -0.2) is 0 Å². The standard InChI is InChI=1S/C8H13N5/c1-7(5-9)10-4-3-8-12-11-6-13(8)2/h6-7,10H,3-4H2,1-2H3. The van der Waals surface area contributed by atoms with Crippen molar-refractivity contribution in [3.05, 3.63) is 12.2 Å². The number of nitriles is 1. The van der Waals surface area contributed by atoms with Gasteiger partial charge in [-0.1, -0.05) is 0 Å². The Bertz CT molecular complexity index is 298. The molecule has 1 N–H and O–H groups in total. The van der Waals surface area contributed by atoms with E-state index in [9.17, 15) is 0 Å². The van der Waals surface area contributed by atoms with Gasteiger partial charge in [0.1, 0.15) is 12.2 Å². The third kappa shape index (κ3) is 2.84. The summed E-state index contributed by atoms with van der Waals surface area (Å²) in [4.78, 5) is 0. The van der Waals surface area contributed by atoms with E-state index in [0.29, 0.717) is 0 Å². The predicted molar refractivity (Wildman–Crippen MR) is 47.8 cm³/mol. The summed E-state index contributed by atoms with van der Waals surface area (Å²) in [5.41, 5.74) is 0. The van der Waals surface area contributed by atoms with E-state index in [1.807, 2.05) is 18.5 Å². The van der Waals surface area contributed by atoms with Crippen LogP contribution >= 0.6 is 0 Å². The highest BCUT2D eigenvalue weighted by Gasteiger charge is 2.01. The van der Waals surface area contributed by atoms with Crippen molar-refractivity contribution >= 4 is 0 Å². The lowest BCUT2D eigenvalue weighted by molar-refractivity contribution is 0.619. The molecule has 0 saturated heterocycles. The molecule has 1 aromatic rings. The highest BCUT2D eigenvalue weighted by Crippen LogP contribution is 1.91. The lowest BCUT2D eigenvalue weighted by Gasteiger charge is -2.04. The van der Waals surface area contributed by atoms with Crippen LogP contribution in [0.5, 0.6) is 0 Å². The van der Waals surface area contributed by atoms with Crippen molar-refractivity contribution in [2.24, 2.45) is 7.05 Å². The van der Waals surface area contributed by atoms with Crippen molar-refractivity contribution < 1.29 is 0 Å². The van der Waals surface area contributed by atoms with Crippen LogP contribution in [0.2, 0.25) is 0 Å². The molecular formula is C8H13N5. The van der Waals surface area contributed by atoms with E-state index in [1.165, 1.54) is 0 Å². The first-order valence-electron chi connectivity index (χ1n) is 4.20. The van der Waals surface area contributed by atoms with Gasteiger partial charge in [0.25, 0.3) is 0 Å². The summed E-state index contributed by atoms with van der Waals surface area (Å²) in [5, 5.41) is 19.2. The van der Waals surface area contributed by atoms with E-state index in [-0.39, 0.29) is 6.04 Å². The molecule has 5 heteroatoms. The van der Waals surface area contributed by atoms with Gasteiger partial charge in [-0.05, 0) is 6.92 Å². The molecular weight excluding hydrogens is 166 g/mol. The molecule has 1 aromatic heterocycles. The summed E-state index contributed by atoms with van der Waals surface area (Å²) in [6, 6.07) is 2.00. The molecule has 1 heterocycles. The maximum Gasteiger partial charge on any atom is 0.133 e. The first-order chi connectivity index (χ1) is 6.24. The van der Waals surface area contributed by atoms with Crippen LogP contribution in [0.4, 0.5) is 0 Å². The molecule has 0 aliphatic carbocycles. The fourth-order valence-corrected chi connectivity index (χ4v) is 0.980. The molecule has 70 valence electrons. The molecule has 0 aliphatic heterocycles. The maximum absolute atomic E-state index is 8.50. The van der Waals surface area contributed by atoms with Crippen molar-refractivity contribution in [2.45, 2.75) is 19.4 Å². The van der Waals surface area contributed by atoms with Crippen molar-refractivity contribution in [2.75, 3.05) is 6.54 Å². The fraction of sp³-hybridized carbons (Fsp3) is 0.625. The molecule has 0 radical (unpaired) electrons. The summed E-state index contributed by atoms with van der Waals surface area (Å²) < 4.78 is 1.87. The summed E-state index contributed by atoms with van der Waals surface area (Å²) >= 11 is 0. The van der Waals surface area contributed by atoms with E-state index in [2.05, 4.69) is 21.6 Å². The minimum atomic E-state index is -0.103. The summed E-state index contributed by atoms with van der Waals surface area (Å²) in [5.74, 6) is 0.928. The molecule has 0 saturated carbocycles. The zero-order valence-corrected chi connectivity index (χ0v) is 7.86. The SMILES string of the molecule is CC(C#N)NCCc1nncn1C. The third-order valence-corrected chi connectivity index (χ3v) is 1.80. The van der Waals surface area contributed by atoms with Crippen LogP contribution in [0.25, 0.3) is 0 Å². The molecule has 0 aromatic carbocycles. The summed E-state index contributed by atoms with van der Waals surface area (Å²) in [7, 11) is 1.91. The van der Waals surface area contributed by atoms with E-state index < -0.39 is 0 Å². The van der Waals surface area contributed by atoms with Crippen LogP contribution in [0, 0.1) is 11.3 Å². The average molecular weight is 179 g/mol. The molecule has 0 fully saturated rings. The summed E-state index contributed by atoms with van der Waals surface area (Å²) in [6.07, 6.45) is 2.46. The van der Waals surface area contributed by atoms with Gasteiger partial charge in [-0.2, -0.15) is 5.26 Å². The molecule has 0 bridgehead atoms. The molecule has 0 aliphatic rings. The number of hydrogen-bond acceptors (Lipinski definition) is 4. The zero-order chi connectivity index (χ0) is 9.68. The highest BCUT2D eigenvalue weighted by molar-refractivity contribution is 4.89. The Morgan fingerprint density at radius 1 is 1.77 bits per heavy atom. The van der Waals surface area contributed by atoms with Gasteiger partial charge in [0.15, 0.2) is 0 Å². The van der Waals surface area contributed by atoms with Gasteiger partial charge in [0.05, 0.1) is 12.1 Å². The van der Waals surface area contributed by atoms with Crippen LogP contribution in [-0.2, 0) is 13.5 Å². The van der Waals surface area contributed by atoms with Crippen molar-refractivity contribution in [3.63, 3.8) is 0 Å². The Balaban J connectivity index is 2.29. The summed E-state index contributed by atoms with van der Waals surface area (Å²) in [6.45, 7) is 2.58. The Morgan fingerprint density at radius 2 is 2.54 bits per heavy atom. The van der Waals surface area contributed by atoms with E-state index >= 15 is 0 Å². The second-order valence-corrected chi connectivity index (χ2v) is 2.91. The third-order valence-electron chi connectivity index (χ3n) is 1.80. The number of rotatable bonds is 4. The second kappa shape index (κ2) is 4.58. The number of aryl methyl sites for hydroxylation is 1. The quantitative estimate of drug-likeness (QED) is 0.698. The number of hydrogen-bond donors (Lipinski definition) is 1. The van der Waals surface area contributed by atoms with Gasteiger partial charge in [-0.3, -0.25) is 0 Å². The predicted octanol–water partition coefficient (Wildman–Crippen LogP) is -0.141. The van der Waals surface area contributed by atoms with Crippen LogP contribution in [-0.4, -0.2) is 27.4 Å². The zero-order valence-electron chi connectivity index (χ0n) is 7.86. The first-order valence-corrected chi connectivity index (χ1v) is 4.20. The number of nitrogens with one attached hydrogen (secondary N) is 1. The van der Waals surface area contributed by atoms with Crippen LogP contribution in [0.1, 0.15) is 12.7 Å². The van der Waals surface area contributed by atoms with Crippen LogP contribution < -0.4 is 5.32 Å². The van der Waals surface area contributed by atoms with Gasteiger partial charge < -0.3 is 9.88 Å². The van der Waals surface area contributed by atoms with Crippen molar-refractivity contribution in [1.82, 2.24) is 20.1 Å². The largest absolute Gasteiger partial charge is 0.321 e. The molecule has 1 unspecified atom stereocenters. The van der Waals surface area contributed by atoms with Crippen LogP contribution in [0.15, 0.2) is 6.33 Å². The Morgan fingerprint density at radius 3 is 3.08 bits per heavy atom. The lowest BCUT2D eigenvalue weighted by atomic mass is 10.3. The second-order valence-electron chi connectivity index (χ2n) is 2.91. The van der Waals surface area contributed by atoms with Crippen molar-refractivity contribution in [1.29, 1.82) is 5.26 Å². The topological polar surface area (TPSA) is 66.5 Å². The van der Waals surface area contributed by atoms with Gasteiger partial charge >= 0.3 is 0 Å². The minimum Gasteiger partial charge on any atom is -0.321 e. The molecule has 13 heavy (non-hydrogen) atoms. The fourth-order valence-electron chi connectivity index (χ4n) is 0.980. The minimum absolute atomic E-state index is 0.103. The van der Waals surface area contributed by atoms with Gasteiger partial charge in [-0.15, -0.1) is 10.2 Å². The van der Waals surface area contributed by atoms with Crippen molar-refractivity contribution in [3.8, 4) is 6.07 Å². The smallest absolute Gasteiger partial charge is 0.133 e. The lowest BCUT2D eigenvalue weighted by Crippen LogP contribution is -2.27. The molecule has 1 rings (SSSR count). The Hall–Kier alpha value is -1.41. The Labute approximate surface area is 77.4 Å². The van der Waals surface area contributed by atoms with E-state index in [0.717, 1.165) is 18.8 Å².